The largest absolute Gasteiger partial charge is 0.450 e. The summed E-state index contributed by atoms with van der Waals surface area (Å²) in [5.74, 6) is 0.971. The van der Waals surface area contributed by atoms with Crippen LogP contribution in [0, 0.1) is 11.8 Å². The highest BCUT2D eigenvalue weighted by Gasteiger charge is 2.01. The van der Waals surface area contributed by atoms with Crippen LogP contribution in [0.1, 0.15) is 34.6 Å². The molecule has 0 aromatic rings. The number of hydrogen-bond acceptors (Lipinski definition) is 2. The molecule has 0 aliphatic rings. The number of hydrogen-bond donors (Lipinski definition) is 1. The Bertz CT molecular complexity index is 278. The van der Waals surface area contributed by atoms with Crippen LogP contribution in [0.4, 0.5) is 4.79 Å². The Balaban J connectivity index is 4.36. The van der Waals surface area contributed by atoms with Gasteiger partial charge in [0.2, 0.25) is 0 Å². The quantitative estimate of drug-likeness (QED) is 0.720. The zero-order valence-electron chi connectivity index (χ0n) is 11.6. The van der Waals surface area contributed by atoms with Gasteiger partial charge in [0.05, 0.1) is 6.61 Å². The molecule has 98 valence electrons. The fourth-order valence-electron chi connectivity index (χ4n) is 1.27. The number of alkyl carbamates (subject to hydrolysis) is 1. The van der Waals surface area contributed by atoms with Crippen LogP contribution in [0.15, 0.2) is 23.8 Å². The van der Waals surface area contributed by atoms with Crippen molar-refractivity contribution in [2.24, 2.45) is 11.8 Å². The maximum atomic E-state index is 11.2. The molecule has 3 nitrogen and oxygen atoms in total. The van der Waals surface area contributed by atoms with Gasteiger partial charge in [0, 0.05) is 6.54 Å². The predicted octanol–water partition coefficient (Wildman–Crippen LogP) is 3.53. The molecule has 0 aliphatic heterocycles. The van der Waals surface area contributed by atoms with E-state index in [0.717, 1.165) is 5.57 Å². The molecule has 0 rings (SSSR count). The van der Waals surface area contributed by atoms with Crippen molar-refractivity contribution in [3.63, 3.8) is 0 Å². The Hall–Kier alpha value is -1.25. The minimum absolute atomic E-state index is 0.361. The summed E-state index contributed by atoms with van der Waals surface area (Å²) in [4.78, 5) is 11.2. The van der Waals surface area contributed by atoms with Crippen LogP contribution in [0.3, 0.4) is 0 Å². The van der Waals surface area contributed by atoms with E-state index in [2.05, 4.69) is 51.2 Å². The maximum absolute atomic E-state index is 11.2. The monoisotopic (exact) mass is 239 g/mol. The van der Waals surface area contributed by atoms with E-state index in [0.29, 0.717) is 25.0 Å². The SMILES string of the molecule is CCOC(=O)NCC(/C=C\C(C)C)=C/C(C)C. The Morgan fingerprint density at radius 2 is 1.88 bits per heavy atom. The van der Waals surface area contributed by atoms with E-state index in [1.807, 2.05) is 0 Å². The summed E-state index contributed by atoms with van der Waals surface area (Å²) in [5, 5.41) is 2.73. The van der Waals surface area contributed by atoms with Crippen LogP contribution in [-0.4, -0.2) is 19.2 Å². The van der Waals surface area contributed by atoms with E-state index in [-0.39, 0.29) is 6.09 Å². The van der Waals surface area contributed by atoms with Gasteiger partial charge in [-0.2, -0.15) is 0 Å². The molecule has 0 bridgehead atoms. The van der Waals surface area contributed by atoms with Gasteiger partial charge >= 0.3 is 6.09 Å². The Morgan fingerprint density at radius 1 is 1.24 bits per heavy atom. The highest BCUT2D eigenvalue weighted by molar-refractivity contribution is 5.67. The number of nitrogens with one attached hydrogen (secondary N) is 1. The molecule has 0 saturated carbocycles. The molecule has 1 amide bonds. The molecule has 0 spiro atoms. The van der Waals surface area contributed by atoms with Gasteiger partial charge in [-0.1, -0.05) is 45.9 Å². The van der Waals surface area contributed by atoms with Crippen molar-refractivity contribution in [2.45, 2.75) is 34.6 Å². The number of carbonyl (C=O) groups excluding carboxylic acids is 1. The lowest BCUT2D eigenvalue weighted by Gasteiger charge is -2.08. The number of allylic oxidation sites excluding steroid dienone is 2. The van der Waals surface area contributed by atoms with Crippen LogP contribution < -0.4 is 5.32 Å². The second-order valence-corrected chi connectivity index (χ2v) is 4.66. The van der Waals surface area contributed by atoms with Crippen molar-refractivity contribution in [1.29, 1.82) is 0 Å². The zero-order chi connectivity index (χ0) is 13.3. The van der Waals surface area contributed by atoms with Crippen LogP contribution >= 0.6 is 0 Å². The molecule has 17 heavy (non-hydrogen) atoms. The van der Waals surface area contributed by atoms with Gasteiger partial charge in [-0.05, 0) is 24.3 Å². The normalized spacial score (nSPS) is 12.5. The molecular formula is C14H25NO2. The number of rotatable bonds is 6. The number of carbonyl (C=O) groups is 1. The van der Waals surface area contributed by atoms with E-state index in [4.69, 9.17) is 4.74 Å². The summed E-state index contributed by atoms with van der Waals surface area (Å²) in [6.07, 6.45) is 5.98. The lowest BCUT2D eigenvalue weighted by Crippen LogP contribution is -2.26. The highest BCUT2D eigenvalue weighted by Crippen LogP contribution is 2.05. The van der Waals surface area contributed by atoms with Gasteiger partial charge in [-0.25, -0.2) is 4.79 Å². The van der Waals surface area contributed by atoms with E-state index in [9.17, 15) is 4.79 Å². The van der Waals surface area contributed by atoms with Gasteiger partial charge in [-0.3, -0.25) is 0 Å². The first-order valence-electron chi connectivity index (χ1n) is 6.25. The van der Waals surface area contributed by atoms with Gasteiger partial charge in [0.15, 0.2) is 0 Å². The smallest absolute Gasteiger partial charge is 0.407 e. The first kappa shape index (κ1) is 15.8. The average Bonchev–Trinajstić information content (AvgIpc) is 2.21. The molecular weight excluding hydrogens is 214 g/mol. The molecule has 0 heterocycles. The summed E-state index contributed by atoms with van der Waals surface area (Å²) in [6.45, 7) is 11.2. The lowest BCUT2D eigenvalue weighted by molar-refractivity contribution is 0.153. The highest BCUT2D eigenvalue weighted by atomic mass is 16.5. The minimum atomic E-state index is -0.361. The molecule has 0 aromatic heterocycles. The van der Waals surface area contributed by atoms with Gasteiger partial charge in [0.1, 0.15) is 0 Å². The minimum Gasteiger partial charge on any atom is -0.450 e. The van der Waals surface area contributed by atoms with Crippen molar-refractivity contribution in [1.82, 2.24) is 5.32 Å². The van der Waals surface area contributed by atoms with Crippen LogP contribution in [0.2, 0.25) is 0 Å². The standard InChI is InChI=1S/C14H25NO2/c1-6-17-14(16)15-10-13(9-12(4)5)8-7-11(2)3/h7-9,11-12H,6,10H2,1-5H3,(H,15,16)/b8-7-,13-9+. The molecule has 0 unspecified atom stereocenters. The van der Waals surface area contributed by atoms with Crippen molar-refractivity contribution in [3.05, 3.63) is 23.8 Å². The second-order valence-electron chi connectivity index (χ2n) is 4.66. The fraction of sp³-hybridized carbons (Fsp3) is 0.643. The van der Waals surface area contributed by atoms with Crippen molar-refractivity contribution < 1.29 is 9.53 Å². The first-order valence-corrected chi connectivity index (χ1v) is 6.25. The summed E-state index contributed by atoms with van der Waals surface area (Å²) in [7, 11) is 0. The van der Waals surface area contributed by atoms with Crippen LogP contribution in [-0.2, 0) is 4.74 Å². The van der Waals surface area contributed by atoms with Crippen molar-refractivity contribution in [2.75, 3.05) is 13.2 Å². The predicted molar refractivity (Wildman–Crippen MR) is 71.9 cm³/mol. The fourth-order valence-corrected chi connectivity index (χ4v) is 1.27. The van der Waals surface area contributed by atoms with E-state index in [1.165, 1.54) is 0 Å². The molecule has 0 atom stereocenters. The summed E-state index contributed by atoms with van der Waals surface area (Å²) in [6, 6.07) is 0. The molecule has 0 radical (unpaired) electrons. The molecule has 3 heteroatoms. The van der Waals surface area contributed by atoms with Crippen molar-refractivity contribution in [3.8, 4) is 0 Å². The Morgan fingerprint density at radius 3 is 2.35 bits per heavy atom. The second kappa shape index (κ2) is 8.85. The van der Waals surface area contributed by atoms with Gasteiger partial charge in [0.25, 0.3) is 0 Å². The molecule has 0 fully saturated rings. The topological polar surface area (TPSA) is 38.3 Å². The zero-order valence-corrected chi connectivity index (χ0v) is 11.6. The lowest BCUT2D eigenvalue weighted by atomic mass is 10.1. The van der Waals surface area contributed by atoms with E-state index in [1.54, 1.807) is 6.92 Å². The Labute approximate surface area is 105 Å². The van der Waals surface area contributed by atoms with Crippen LogP contribution in [0.5, 0.6) is 0 Å². The van der Waals surface area contributed by atoms with Crippen molar-refractivity contribution >= 4 is 6.09 Å². The van der Waals surface area contributed by atoms with Gasteiger partial charge in [-0.15, -0.1) is 0 Å². The average molecular weight is 239 g/mol. The molecule has 0 saturated heterocycles. The molecule has 0 aliphatic carbocycles. The third-order valence-electron chi connectivity index (χ3n) is 1.95. The Kier molecular flexibility index (Phi) is 8.20. The van der Waals surface area contributed by atoms with Crippen LogP contribution in [0.25, 0.3) is 0 Å². The van der Waals surface area contributed by atoms with Gasteiger partial charge < -0.3 is 10.1 Å². The summed E-state index contributed by atoms with van der Waals surface area (Å²) >= 11 is 0. The molecule has 0 aromatic carbocycles. The first-order chi connectivity index (χ1) is 7.95. The van der Waals surface area contributed by atoms with E-state index >= 15 is 0 Å². The number of amides is 1. The maximum Gasteiger partial charge on any atom is 0.407 e. The summed E-state index contributed by atoms with van der Waals surface area (Å²) < 4.78 is 4.82. The summed E-state index contributed by atoms with van der Waals surface area (Å²) in [5.41, 5.74) is 1.11. The molecule has 1 N–H and O–H groups in total. The third kappa shape index (κ3) is 9.67. The number of ether oxygens (including phenoxy) is 1. The van der Waals surface area contributed by atoms with E-state index < -0.39 is 0 Å². The third-order valence-corrected chi connectivity index (χ3v) is 1.95.